The van der Waals surface area contributed by atoms with E-state index >= 15 is 0 Å². The van der Waals surface area contributed by atoms with Gasteiger partial charge in [-0.05, 0) is 24.3 Å². The molecule has 0 spiro atoms. The summed E-state index contributed by atoms with van der Waals surface area (Å²) in [6, 6.07) is 6.18. The van der Waals surface area contributed by atoms with Crippen LogP contribution in [-0.2, 0) is 6.54 Å². The van der Waals surface area contributed by atoms with E-state index in [0.29, 0.717) is 5.41 Å². The molecule has 1 aliphatic carbocycles. The third-order valence-electron chi connectivity index (χ3n) is 4.28. The monoisotopic (exact) mass is 261 g/mol. The number of hydrogen-bond acceptors (Lipinski definition) is 3. The summed E-state index contributed by atoms with van der Waals surface area (Å²) in [6.07, 6.45) is 5.05. The number of benzene rings is 1. The highest BCUT2D eigenvalue weighted by Gasteiger charge is 2.31. The van der Waals surface area contributed by atoms with Gasteiger partial charge in [0.25, 0.3) is 0 Å². The molecule has 2 aliphatic rings. The van der Waals surface area contributed by atoms with Gasteiger partial charge in [0.05, 0.1) is 13.2 Å². The average molecular weight is 261 g/mol. The molecule has 0 aromatic heterocycles. The molecular formula is C16H23NO2. The molecule has 1 aromatic carbocycles. The van der Waals surface area contributed by atoms with Gasteiger partial charge >= 0.3 is 0 Å². The highest BCUT2D eigenvalue weighted by Crippen LogP contribution is 2.39. The van der Waals surface area contributed by atoms with Crippen LogP contribution in [0.25, 0.3) is 0 Å². The van der Waals surface area contributed by atoms with E-state index < -0.39 is 0 Å². The van der Waals surface area contributed by atoms with Gasteiger partial charge in [-0.15, -0.1) is 0 Å². The zero-order chi connectivity index (χ0) is 13.1. The van der Waals surface area contributed by atoms with Gasteiger partial charge in [0.15, 0.2) is 11.5 Å². The lowest BCUT2D eigenvalue weighted by Gasteiger charge is -2.38. The lowest BCUT2D eigenvalue weighted by Crippen LogP contribution is -2.37. The summed E-state index contributed by atoms with van der Waals surface area (Å²) in [4.78, 5) is 0. The Morgan fingerprint density at radius 2 is 2.00 bits per heavy atom. The molecule has 19 heavy (non-hydrogen) atoms. The van der Waals surface area contributed by atoms with Crippen molar-refractivity contribution in [2.75, 3.05) is 19.8 Å². The lowest BCUT2D eigenvalue weighted by atomic mass is 9.70. The van der Waals surface area contributed by atoms with E-state index in [9.17, 15) is 0 Å². The van der Waals surface area contributed by atoms with E-state index in [0.717, 1.165) is 44.2 Å². The molecule has 0 atom stereocenters. The van der Waals surface area contributed by atoms with Crippen molar-refractivity contribution in [3.63, 3.8) is 0 Å². The fraction of sp³-hybridized carbons (Fsp3) is 0.625. The third-order valence-corrected chi connectivity index (χ3v) is 4.28. The average Bonchev–Trinajstić information content (AvgIpc) is 2.62. The summed E-state index contributed by atoms with van der Waals surface area (Å²) in [5.74, 6) is 1.83. The SMILES string of the molecule is CC1(CNCc2cccc3c2OCCCO3)CCC1. The molecule has 3 nitrogen and oxygen atoms in total. The van der Waals surface area contributed by atoms with Crippen LogP contribution in [0.1, 0.15) is 38.2 Å². The molecular weight excluding hydrogens is 238 g/mol. The largest absolute Gasteiger partial charge is 0.490 e. The number of fused-ring (bicyclic) bond motifs is 1. The Balaban J connectivity index is 1.64. The number of para-hydroxylation sites is 1. The first-order valence-electron chi connectivity index (χ1n) is 7.35. The summed E-state index contributed by atoms with van der Waals surface area (Å²) in [5, 5.41) is 3.58. The van der Waals surface area contributed by atoms with Crippen molar-refractivity contribution in [2.45, 2.75) is 39.2 Å². The minimum absolute atomic E-state index is 0.517. The summed E-state index contributed by atoms with van der Waals surface area (Å²) in [5.41, 5.74) is 1.73. The molecule has 0 bridgehead atoms. The zero-order valence-corrected chi connectivity index (χ0v) is 11.7. The van der Waals surface area contributed by atoms with E-state index in [1.807, 2.05) is 6.07 Å². The maximum Gasteiger partial charge on any atom is 0.165 e. The Kier molecular flexibility index (Phi) is 3.65. The Labute approximate surface area is 115 Å². The maximum absolute atomic E-state index is 5.84. The molecule has 0 unspecified atom stereocenters. The highest BCUT2D eigenvalue weighted by molar-refractivity contribution is 5.47. The predicted octanol–water partition coefficient (Wildman–Crippen LogP) is 3.13. The quantitative estimate of drug-likeness (QED) is 0.903. The van der Waals surface area contributed by atoms with Crippen LogP contribution < -0.4 is 14.8 Å². The smallest absolute Gasteiger partial charge is 0.165 e. The Morgan fingerprint density at radius 1 is 1.16 bits per heavy atom. The van der Waals surface area contributed by atoms with Gasteiger partial charge in [-0.1, -0.05) is 25.5 Å². The van der Waals surface area contributed by atoms with E-state index in [4.69, 9.17) is 9.47 Å². The van der Waals surface area contributed by atoms with Crippen LogP contribution in [0.4, 0.5) is 0 Å². The molecule has 0 saturated heterocycles. The number of rotatable bonds is 4. The van der Waals surface area contributed by atoms with E-state index in [2.05, 4.69) is 24.4 Å². The molecule has 0 radical (unpaired) electrons. The van der Waals surface area contributed by atoms with E-state index in [1.54, 1.807) is 0 Å². The van der Waals surface area contributed by atoms with Crippen molar-refractivity contribution in [1.29, 1.82) is 0 Å². The zero-order valence-electron chi connectivity index (χ0n) is 11.7. The van der Waals surface area contributed by atoms with Crippen molar-refractivity contribution in [3.8, 4) is 11.5 Å². The van der Waals surface area contributed by atoms with Crippen LogP contribution in [0.15, 0.2) is 18.2 Å². The van der Waals surface area contributed by atoms with Gasteiger partial charge in [-0.2, -0.15) is 0 Å². The molecule has 1 heterocycles. The van der Waals surface area contributed by atoms with Crippen LogP contribution in [0.2, 0.25) is 0 Å². The van der Waals surface area contributed by atoms with Crippen LogP contribution in [-0.4, -0.2) is 19.8 Å². The van der Waals surface area contributed by atoms with Crippen molar-refractivity contribution in [3.05, 3.63) is 23.8 Å². The Hall–Kier alpha value is -1.22. The summed E-state index contributed by atoms with van der Waals surface area (Å²) in [7, 11) is 0. The number of ether oxygens (including phenoxy) is 2. The first-order chi connectivity index (χ1) is 9.27. The highest BCUT2D eigenvalue weighted by atomic mass is 16.5. The first-order valence-corrected chi connectivity index (χ1v) is 7.35. The van der Waals surface area contributed by atoms with Gasteiger partial charge in [-0.3, -0.25) is 0 Å². The number of nitrogens with one attached hydrogen (secondary N) is 1. The van der Waals surface area contributed by atoms with Crippen LogP contribution in [0.5, 0.6) is 11.5 Å². The molecule has 1 saturated carbocycles. The van der Waals surface area contributed by atoms with Crippen molar-refractivity contribution in [2.24, 2.45) is 5.41 Å². The molecule has 104 valence electrons. The normalized spacial score (nSPS) is 20.5. The third kappa shape index (κ3) is 2.86. The molecule has 1 N–H and O–H groups in total. The van der Waals surface area contributed by atoms with E-state index in [-0.39, 0.29) is 0 Å². The molecule has 1 fully saturated rings. The van der Waals surface area contributed by atoms with Gasteiger partial charge in [0, 0.05) is 25.1 Å². The van der Waals surface area contributed by atoms with Crippen LogP contribution in [0, 0.1) is 5.41 Å². The Morgan fingerprint density at radius 3 is 2.79 bits per heavy atom. The topological polar surface area (TPSA) is 30.5 Å². The van der Waals surface area contributed by atoms with E-state index in [1.165, 1.54) is 24.8 Å². The van der Waals surface area contributed by atoms with Gasteiger partial charge in [0.2, 0.25) is 0 Å². The van der Waals surface area contributed by atoms with Crippen molar-refractivity contribution in [1.82, 2.24) is 5.32 Å². The van der Waals surface area contributed by atoms with Crippen molar-refractivity contribution < 1.29 is 9.47 Å². The second-order valence-electron chi connectivity index (χ2n) is 6.06. The van der Waals surface area contributed by atoms with Crippen LogP contribution in [0.3, 0.4) is 0 Å². The van der Waals surface area contributed by atoms with Gasteiger partial charge in [-0.25, -0.2) is 0 Å². The fourth-order valence-electron chi connectivity index (χ4n) is 2.85. The van der Waals surface area contributed by atoms with Gasteiger partial charge in [0.1, 0.15) is 0 Å². The molecule has 3 rings (SSSR count). The summed E-state index contributed by atoms with van der Waals surface area (Å²) >= 11 is 0. The summed E-state index contributed by atoms with van der Waals surface area (Å²) in [6.45, 7) is 5.83. The first kappa shape index (κ1) is 12.8. The second kappa shape index (κ2) is 5.41. The van der Waals surface area contributed by atoms with Crippen molar-refractivity contribution >= 4 is 0 Å². The summed E-state index contributed by atoms with van der Waals surface area (Å²) < 4.78 is 11.6. The van der Waals surface area contributed by atoms with Crippen LogP contribution >= 0.6 is 0 Å². The predicted molar refractivity (Wildman–Crippen MR) is 75.7 cm³/mol. The second-order valence-corrected chi connectivity index (χ2v) is 6.06. The minimum atomic E-state index is 0.517. The van der Waals surface area contributed by atoms with Gasteiger partial charge < -0.3 is 14.8 Å². The molecule has 1 aliphatic heterocycles. The molecule has 3 heteroatoms. The standard InChI is InChI=1S/C16H23NO2/c1-16(7-3-8-16)12-17-11-13-5-2-6-14-15(13)19-10-4-9-18-14/h2,5-6,17H,3-4,7-12H2,1H3. The fourth-order valence-corrected chi connectivity index (χ4v) is 2.85. The minimum Gasteiger partial charge on any atom is -0.490 e. The number of hydrogen-bond donors (Lipinski definition) is 1. The molecule has 0 amide bonds. The molecule has 1 aromatic rings. The Bertz CT molecular complexity index is 440. The lowest BCUT2D eigenvalue weighted by molar-refractivity contribution is 0.156. The maximum atomic E-state index is 5.84.